The first-order chi connectivity index (χ1) is 5.31. The molecule has 0 fully saturated rings. The van der Waals surface area contributed by atoms with Crippen LogP contribution in [0.2, 0.25) is 0 Å². The maximum Gasteiger partial charge on any atom is 0.154 e. The second-order valence-electron chi connectivity index (χ2n) is 3.78. The van der Waals surface area contributed by atoms with Crippen molar-refractivity contribution in [3.05, 3.63) is 11.8 Å². The third kappa shape index (κ3) is 7.28. The van der Waals surface area contributed by atoms with Crippen LogP contribution in [0.4, 0.5) is 0 Å². The lowest BCUT2D eigenvalue weighted by Gasteiger charge is -2.19. The SMILES string of the molecule is CC(=O)/C=C(/C)NCC(C)(C)N. The van der Waals surface area contributed by atoms with Gasteiger partial charge in [0, 0.05) is 17.8 Å². The van der Waals surface area contributed by atoms with Crippen LogP contribution < -0.4 is 11.1 Å². The number of allylic oxidation sites excluding steroid dienone is 2. The van der Waals surface area contributed by atoms with Gasteiger partial charge in [0.15, 0.2) is 5.78 Å². The van der Waals surface area contributed by atoms with Gasteiger partial charge in [-0.1, -0.05) is 0 Å². The molecule has 0 bridgehead atoms. The van der Waals surface area contributed by atoms with Crippen LogP contribution in [0.5, 0.6) is 0 Å². The number of hydrogen-bond donors (Lipinski definition) is 2. The Hall–Kier alpha value is -0.830. The number of carbonyl (C=O) groups excluding carboxylic acids is 1. The summed E-state index contributed by atoms with van der Waals surface area (Å²) in [6, 6.07) is 0. The highest BCUT2D eigenvalue weighted by Gasteiger charge is 2.09. The van der Waals surface area contributed by atoms with Crippen molar-refractivity contribution in [1.29, 1.82) is 0 Å². The van der Waals surface area contributed by atoms with Crippen molar-refractivity contribution in [1.82, 2.24) is 5.32 Å². The molecule has 0 atom stereocenters. The Morgan fingerprint density at radius 2 is 2.00 bits per heavy atom. The van der Waals surface area contributed by atoms with Crippen LogP contribution in [-0.2, 0) is 4.79 Å². The lowest BCUT2D eigenvalue weighted by Crippen LogP contribution is -2.42. The first-order valence-corrected chi connectivity index (χ1v) is 4.03. The summed E-state index contributed by atoms with van der Waals surface area (Å²) in [5.41, 5.74) is 6.36. The minimum Gasteiger partial charge on any atom is -0.387 e. The van der Waals surface area contributed by atoms with Gasteiger partial charge in [0.05, 0.1) is 0 Å². The van der Waals surface area contributed by atoms with E-state index in [9.17, 15) is 4.79 Å². The average molecular weight is 170 g/mol. The van der Waals surface area contributed by atoms with Crippen molar-refractivity contribution in [3.8, 4) is 0 Å². The van der Waals surface area contributed by atoms with Crippen LogP contribution in [0.25, 0.3) is 0 Å². The van der Waals surface area contributed by atoms with Crippen molar-refractivity contribution in [2.75, 3.05) is 6.54 Å². The monoisotopic (exact) mass is 170 g/mol. The van der Waals surface area contributed by atoms with Crippen molar-refractivity contribution < 1.29 is 4.79 Å². The summed E-state index contributed by atoms with van der Waals surface area (Å²) in [6.45, 7) is 7.91. The summed E-state index contributed by atoms with van der Waals surface area (Å²) >= 11 is 0. The minimum atomic E-state index is -0.244. The summed E-state index contributed by atoms with van der Waals surface area (Å²) < 4.78 is 0. The van der Waals surface area contributed by atoms with Gasteiger partial charge < -0.3 is 11.1 Å². The third-order valence-corrected chi connectivity index (χ3v) is 1.24. The zero-order chi connectivity index (χ0) is 9.78. The quantitative estimate of drug-likeness (QED) is 0.614. The molecule has 3 nitrogen and oxygen atoms in total. The summed E-state index contributed by atoms with van der Waals surface area (Å²) in [7, 11) is 0. The maximum atomic E-state index is 10.6. The van der Waals surface area contributed by atoms with Gasteiger partial charge in [-0.25, -0.2) is 0 Å². The molecule has 0 aliphatic heterocycles. The molecule has 0 aromatic heterocycles. The van der Waals surface area contributed by atoms with Gasteiger partial charge in [-0.2, -0.15) is 0 Å². The van der Waals surface area contributed by atoms with E-state index in [-0.39, 0.29) is 11.3 Å². The Labute approximate surface area is 74.0 Å². The van der Waals surface area contributed by atoms with Crippen molar-refractivity contribution >= 4 is 5.78 Å². The number of nitrogens with two attached hydrogens (primary N) is 1. The average Bonchev–Trinajstić information content (AvgIpc) is 1.80. The molecule has 0 unspecified atom stereocenters. The van der Waals surface area contributed by atoms with E-state index in [1.807, 2.05) is 20.8 Å². The van der Waals surface area contributed by atoms with Gasteiger partial charge >= 0.3 is 0 Å². The predicted molar refractivity (Wildman–Crippen MR) is 50.7 cm³/mol. The van der Waals surface area contributed by atoms with Crippen molar-refractivity contribution in [2.24, 2.45) is 5.73 Å². The molecular formula is C9H18N2O. The molecule has 12 heavy (non-hydrogen) atoms. The fraction of sp³-hybridized carbons (Fsp3) is 0.667. The zero-order valence-corrected chi connectivity index (χ0v) is 8.27. The smallest absolute Gasteiger partial charge is 0.154 e. The van der Waals surface area contributed by atoms with Gasteiger partial charge in [0.1, 0.15) is 0 Å². The molecule has 0 saturated carbocycles. The summed E-state index contributed by atoms with van der Waals surface area (Å²) in [5.74, 6) is 0.0508. The molecule has 0 aromatic rings. The largest absolute Gasteiger partial charge is 0.387 e. The molecule has 0 saturated heterocycles. The van der Waals surface area contributed by atoms with E-state index in [0.29, 0.717) is 6.54 Å². The van der Waals surface area contributed by atoms with Crippen molar-refractivity contribution in [3.63, 3.8) is 0 Å². The fourth-order valence-corrected chi connectivity index (χ4v) is 0.723. The molecule has 0 spiro atoms. The van der Waals surface area contributed by atoms with Gasteiger partial charge in [-0.05, 0) is 33.8 Å². The fourth-order valence-electron chi connectivity index (χ4n) is 0.723. The lowest BCUT2D eigenvalue weighted by atomic mass is 10.1. The molecular weight excluding hydrogens is 152 g/mol. The van der Waals surface area contributed by atoms with E-state index in [0.717, 1.165) is 5.70 Å². The van der Waals surface area contributed by atoms with E-state index in [2.05, 4.69) is 5.32 Å². The number of carbonyl (C=O) groups is 1. The van der Waals surface area contributed by atoms with E-state index >= 15 is 0 Å². The van der Waals surface area contributed by atoms with Crippen molar-refractivity contribution in [2.45, 2.75) is 33.2 Å². The van der Waals surface area contributed by atoms with Crippen LogP contribution >= 0.6 is 0 Å². The lowest BCUT2D eigenvalue weighted by molar-refractivity contribution is -0.112. The second-order valence-corrected chi connectivity index (χ2v) is 3.78. The third-order valence-electron chi connectivity index (χ3n) is 1.24. The Kier molecular flexibility index (Phi) is 3.96. The highest BCUT2D eigenvalue weighted by atomic mass is 16.1. The molecule has 3 N–H and O–H groups in total. The maximum absolute atomic E-state index is 10.6. The van der Waals surface area contributed by atoms with Crippen LogP contribution in [0.1, 0.15) is 27.7 Å². The molecule has 0 amide bonds. The summed E-state index contributed by atoms with van der Waals surface area (Å²) in [4.78, 5) is 10.6. The molecule has 0 radical (unpaired) electrons. The standard InChI is InChI=1S/C9H18N2O/c1-7(5-8(2)12)11-6-9(3,4)10/h5,11H,6,10H2,1-4H3/b7-5-. The van der Waals surface area contributed by atoms with Gasteiger partial charge in [-0.15, -0.1) is 0 Å². The van der Waals surface area contributed by atoms with E-state index in [1.165, 1.54) is 6.92 Å². The highest BCUT2D eigenvalue weighted by molar-refractivity contribution is 5.87. The van der Waals surface area contributed by atoms with E-state index in [4.69, 9.17) is 5.73 Å². The first-order valence-electron chi connectivity index (χ1n) is 4.03. The van der Waals surface area contributed by atoms with Crippen LogP contribution in [0.3, 0.4) is 0 Å². The van der Waals surface area contributed by atoms with E-state index < -0.39 is 0 Å². The molecule has 0 aliphatic carbocycles. The summed E-state index contributed by atoms with van der Waals surface area (Å²) in [6.07, 6.45) is 1.56. The van der Waals surface area contributed by atoms with Gasteiger partial charge in [-0.3, -0.25) is 4.79 Å². The zero-order valence-electron chi connectivity index (χ0n) is 8.27. The minimum absolute atomic E-state index is 0.0508. The van der Waals surface area contributed by atoms with E-state index in [1.54, 1.807) is 6.08 Å². The highest BCUT2D eigenvalue weighted by Crippen LogP contribution is 1.95. The Balaban J connectivity index is 3.87. The Bertz CT molecular complexity index is 189. The normalized spacial score (nSPS) is 12.9. The molecule has 70 valence electrons. The number of nitrogens with one attached hydrogen (secondary N) is 1. The summed E-state index contributed by atoms with van der Waals surface area (Å²) in [5, 5.41) is 3.07. The molecule has 3 heteroatoms. The molecule has 0 heterocycles. The second kappa shape index (κ2) is 4.26. The Morgan fingerprint density at radius 1 is 1.50 bits per heavy atom. The van der Waals surface area contributed by atoms with Crippen LogP contribution in [0, 0.1) is 0 Å². The molecule has 0 rings (SSSR count). The van der Waals surface area contributed by atoms with Crippen LogP contribution in [-0.4, -0.2) is 17.9 Å². The number of ketones is 1. The first kappa shape index (κ1) is 11.2. The topological polar surface area (TPSA) is 55.1 Å². The Morgan fingerprint density at radius 3 is 2.33 bits per heavy atom. The predicted octanol–water partition coefficient (Wildman–Crippen LogP) is 0.806. The molecule has 0 aromatic carbocycles. The van der Waals surface area contributed by atoms with Gasteiger partial charge in [0.25, 0.3) is 0 Å². The molecule has 0 aliphatic rings. The number of hydrogen-bond acceptors (Lipinski definition) is 3. The van der Waals surface area contributed by atoms with Gasteiger partial charge in [0.2, 0.25) is 0 Å². The van der Waals surface area contributed by atoms with Crippen LogP contribution in [0.15, 0.2) is 11.8 Å². The number of rotatable bonds is 4.